The highest BCUT2D eigenvalue weighted by atomic mass is 19.1. The van der Waals surface area contributed by atoms with Crippen LogP contribution in [0.15, 0.2) is 48.5 Å². The highest BCUT2D eigenvalue weighted by molar-refractivity contribution is 5.94. The molecule has 0 aliphatic rings. The van der Waals surface area contributed by atoms with Crippen LogP contribution in [-0.2, 0) is 6.42 Å². The number of nitrogens with one attached hydrogen (secondary N) is 1. The standard InChI is InChI=1S/C16H15F2NO/c17-13-9-7-12(8-10-13)4-3-11-19-16(20)14-5-1-2-6-15(14)18/h1-2,5-10H,3-4,11H2,(H,19,20). The zero-order chi connectivity index (χ0) is 14.4. The van der Waals surface area contributed by atoms with Gasteiger partial charge in [-0.2, -0.15) is 0 Å². The molecule has 1 N–H and O–H groups in total. The third-order valence-electron chi connectivity index (χ3n) is 2.96. The minimum atomic E-state index is -0.525. The molecule has 0 fully saturated rings. The SMILES string of the molecule is O=C(NCCCc1ccc(F)cc1)c1ccccc1F. The van der Waals surface area contributed by atoms with Gasteiger partial charge in [0.1, 0.15) is 11.6 Å². The molecule has 2 aromatic rings. The van der Waals surface area contributed by atoms with Crippen molar-refractivity contribution in [3.05, 3.63) is 71.3 Å². The van der Waals surface area contributed by atoms with Crippen molar-refractivity contribution in [3.63, 3.8) is 0 Å². The molecule has 4 heteroatoms. The average molecular weight is 275 g/mol. The van der Waals surface area contributed by atoms with E-state index in [4.69, 9.17) is 0 Å². The maximum absolute atomic E-state index is 13.4. The first kappa shape index (κ1) is 14.2. The Hall–Kier alpha value is -2.23. The summed E-state index contributed by atoms with van der Waals surface area (Å²) in [5, 5.41) is 2.67. The largest absolute Gasteiger partial charge is 0.352 e. The Morgan fingerprint density at radius 3 is 2.40 bits per heavy atom. The molecule has 0 aromatic heterocycles. The molecule has 0 unspecified atom stereocenters. The maximum Gasteiger partial charge on any atom is 0.254 e. The molecule has 2 nitrogen and oxygen atoms in total. The molecule has 0 saturated heterocycles. The summed E-state index contributed by atoms with van der Waals surface area (Å²) in [6.45, 7) is 0.449. The van der Waals surface area contributed by atoms with Crippen molar-refractivity contribution in [2.24, 2.45) is 0 Å². The summed E-state index contributed by atoms with van der Waals surface area (Å²) in [6.07, 6.45) is 1.45. The lowest BCUT2D eigenvalue weighted by Crippen LogP contribution is -2.25. The lowest BCUT2D eigenvalue weighted by molar-refractivity contribution is 0.0949. The number of benzene rings is 2. The minimum Gasteiger partial charge on any atom is -0.352 e. The van der Waals surface area contributed by atoms with Gasteiger partial charge in [0.05, 0.1) is 5.56 Å². The number of carbonyl (C=O) groups excluding carboxylic acids is 1. The van der Waals surface area contributed by atoms with E-state index in [0.717, 1.165) is 12.0 Å². The molecule has 0 radical (unpaired) electrons. The molecule has 0 aliphatic heterocycles. The van der Waals surface area contributed by atoms with Gasteiger partial charge in [0, 0.05) is 6.54 Å². The van der Waals surface area contributed by atoms with E-state index in [9.17, 15) is 13.6 Å². The number of aryl methyl sites for hydroxylation is 1. The first-order valence-corrected chi connectivity index (χ1v) is 6.44. The van der Waals surface area contributed by atoms with Crippen molar-refractivity contribution in [1.29, 1.82) is 0 Å². The van der Waals surface area contributed by atoms with Gasteiger partial charge in [0.15, 0.2) is 0 Å². The molecule has 1 amide bonds. The molecule has 0 heterocycles. The maximum atomic E-state index is 13.4. The Morgan fingerprint density at radius 2 is 1.70 bits per heavy atom. The van der Waals surface area contributed by atoms with E-state index in [1.165, 1.54) is 24.3 Å². The Kier molecular flexibility index (Phi) is 4.82. The van der Waals surface area contributed by atoms with Gasteiger partial charge in [0.25, 0.3) is 5.91 Å². The van der Waals surface area contributed by atoms with Gasteiger partial charge in [-0.3, -0.25) is 4.79 Å². The highest BCUT2D eigenvalue weighted by Gasteiger charge is 2.09. The number of halogens is 2. The summed E-state index contributed by atoms with van der Waals surface area (Å²) in [5.41, 5.74) is 1.06. The van der Waals surface area contributed by atoms with Crippen LogP contribution >= 0.6 is 0 Å². The van der Waals surface area contributed by atoms with E-state index in [-0.39, 0.29) is 11.4 Å². The summed E-state index contributed by atoms with van der Waals surface area (Å²) in [4.78, 5) is 11.7. The number of rotatable bonds is 5. The van der Waals surface area contributed by atoms with Crippen molar-refractivity contribution >= 4 is 5.91 Å². The first-order valence-electron chi connectivity index (χ1n) is 6.44. The molecule has 2 rings (SSSR count). The third kappa shape index (κ3) is 3.88. The average Bonchev–Trinajstić information content (AvgIpc) is 2.46. The summed E-state index contributed by atoms with van der Waals surface area (Å²) in [7, 11) is 0. The second-order valence-corrected chi connectivity index (χ2v) is 4.47. The van der Waals surface area contributed by atoms with Crippen molar-refractivity contribution in [3.8, 4) is 0 Å². The lowest BCUT2D eigenvalue weighted by atomic mass is 10.1. The van der Waals surface area contributed by atoms with Gasteiger partial charge in [-0.1, -0.05) is 24.3 Å². The summed E-state index contributed by atoms with van der Waals surface area (Å²) in [6, 6.07) is 12.1. The van der Waals surface area contributed by atoms with Crippen LogP contribution in [0, 0.1) is 11.6 Å². The highest BCUT2D eigenvalue weighted by Crippen LogP contribution is 2.07. The Labute approximate surface area is 116 Å². The molecule has 0 saturated carbocycles. The first-order chi connectivity index (χ1) is 9.66. The molecule has 2 aromatic carbocycles. The van der Waals surface area contributed by atoms with Gasteiger partial charge >= 0.3 is 0 Å². The van der Waals surface area contributed by atoms with E-state index < -0.39 is 11.7 Å². The predicted octanol–water partition coefficient (Wildman–Crippen LogP) is 3.33. The Bertz CT molecular complexity index is 581. The summed E-state index contributed by atoms with van der Waals surface area (Å²) in [5.74, 6) is -1.20. The fourth-order valence-electron chi connectivity index (χ4n) is 1.89. The van der Waals surface area contributed by atoms with E-state index in [2.05, 4.69) is 5.32 Å². The van der Waals surface area contributed by atoms with E-state index in [0.29, 0.717) is 13.0 Å². The molecule has 20 heavy (non-hydrogen) atoms. The minimum absolute atomic E-state index is 0.0503. The smallest absolute Gasteiger partial charge is 0.254 e. The monoisotopic (exact) mass is 275 g/mol. The van der Waals surface area contributed by atoms with Crippen LogP contribution in [0.25, 0.3) is 0 Å². The van der Waals surface area contributed by atoms with Crippen molar-refractivity contribution in [2.75, 3.05) is 6.54 Å². The van der Waals surface area contributed by atoms with Crippen molar-refractivity contribution < 1.29 is 13.6 Å². The second-order valence-electron chi connectivity index (χ2n) is 4.47. The van der Waals surface area contributed by atoms with Crippen LogP contribution < -0.4 is 5.32 Å². The summed E-state index contributed by atoms with van der Waals surface area (Å²) < 4.78 is 26.1. The number of hydrogen-bond donors (Lipinski definition) is 1. The van der Waals surface area contributed by atoms with Gasteiger partial charge in [0.2, 0.25) is 0 Å². The Balaban J connectivity index is 1.77. The molecule has 104 valence electrons. The van der Waals surface area contributed by atoms with Crippen LogP contribution in [0.3, 0.4) is 0 Å². The van der Waals surface area contributed by atoms with Crippen LogP contribution in [0.4, 0.5) is 8.78 Å². The number of carbonyl (C=O) groups is 1. The normalized spacial score (nSPS) is 10.3. The van der Waals surface area contributed by atoms with Crippen LogP contribution in [0.1, 0.15) is 22.3 Å². The quantitative estimate of drug-likeness (QED) is 0.833. The summed E-state index contributed by atoms with van der Waals surface area (Å²) >= 11 is 0. The molecule has 0 bridgehead atoms. The van der Waals surface area contributed by atoms with Crippen LogP contribution in [-0.4, -0.2) is 12.5 Å². The number of amides is 1. The molecule has 0 spiro atoms. The zero-order valence-electron chi connectivity index (χ0n) is 10.9. The second kappa shape index (κ2) is 6.80. The predicted molar refractivity (Wildman–Crippen MR) is 73.5 cm³/mol. The van der Waals surface area contributed by atoms with Gasteiger partial charge < -0.3 is 5.32 Å². The van der Waals surface area contributed by atoms with Crippen molar-refractivity contribution in [1.82, 2.24) is 5.32 Å². The van der Waals surface area contributed by atoms with Crippen molar-refractivity contribution in [2.45, 2.75) is 12.8 Å². The number of hydrogen-bond acceptors (Lipinski definition) is 1. The van der Waals surface area contributed by atoms with E-state index in [1.807, 2.05) is 0 Å². The van der Waals surface area contributed by atoms with E-state index in [1.54, 1.807) is 24.3 Å². The molecule has 0 atom stereocenters. The lowest BCUT2D eigenvalue weighted by Gasteiger charge is -2.06. The van der Waals surface area contributed by atoms with E-state index >= 15 is 0 Å². The van der Waals surface area contributed by atoms with Crippen LogP contribution in [0.2, 0.25) is 0 Å². The fourth-order valence-corrected chi connectivity index (χ4v) is 1.89. The third-order valence-corrected chi connectivity index (χ3v) is 2.96. The topological polar surface area (TPSA) is 29.1 Å². The Morgan fingerprint density at radius 1 is 1.00 bits per heavy atom. The molecule has 0 aliphatic carbocycles. The zero-order valence-corrected chi connectivity index (χ0v) is 10.9. The van der Waals surface area contributed by atoms with Gasteiger partial charge in [-0.05, 0) is 42.7 Å². The molecular weight excluding hydrogens is 260 g/mol. The van der Waals surface area contributed by atoms with Crippen LogP contribution in [0.5, 0.6) is 0 Å². The van der Waals surface area contributed by atoms with Gasteiger partial charge in [-0.15, -0.1) is 0 Å². The van der Waals surface area contributed by atoms with Gasteiger partial charge in [-0.25, -0.2) is 8.78 Å². The fraction of sp³-hybridized carbons (Fsp3) is 0.188. The molecular formula is C16H15F2NO.